The molecule has 2 aromatic rings. The molecule has 22 heavy (non-hydrogen) atoms. The van der Waals surface area contributed by atoms with Crippen LogP contribution >= 0.6 is 0 Å². The van der Waals surface area contributed by atoms with Gasteiger partial charge in [0, 0.05) is 37.7 Å². The number of ether oxygens (including phenoxy) is 1. The van der Waals surface area contributed by atoms with Gasteiger partial charge in [0.15, 0.2) is 0 Å². The van der Waals surface area contributed by atoms with Crippen LogP contribution in [-0.4, -0.2) is 50.0 Å². The van der Waals surface area contributed by atoms with Gasteiger partial charge in [-0.05, 0) is 26.8 Å². The van der Waals surface area contributed by atoms with E-state index in [-0.39, 0.29) is 6.10 Å². The Bertz CT molecular complexity index is 618. The van der Waals surface area contributed by atoms with Crippen LogP contribution in [-0.2, 0) is 24.4 Å². The van der Waals surface area contributed by atoms with Gasteiger partial charge < -0.3 is 9.30 Å². The highest BCUT2D eigenvalue weighted by Crippen LogP contribution is 2.12. The molecular weight excluding hydrogens is 278 g/mol. The largest absolute Gasteiger partial charge is 0.374 e. The quantitative estimate of drug-likeness (QED) is 0.842. The van der Waals surface area contributed by atoms with Crippen molar-refractivity contribution in [2.75, 3.05) is 19.7 Å². The number of imidazole rings is 1. The molecule has 6 nitrogen and oxygen atoms in total. The Balaban J connectivity index is 1.60. The minimum Gasteiger partial charge on any atom is -0.374 e. The summed E-state index contributed by atoms with van der Waals surface area (Å²) in [7, 11) is 0. The van der Waals surface area contributed by atoms with Crippen LogP contribution in [0.3, 0.4) is 0 Å². The molecule has 1 saturated heterocycles. The van der Waals surface area contributed by atoms with Crippen LogP contribution in [0.25, 0.3) is 0 Å². The second-order valence-electron chi connectivity index (χ2n) is 5.97. The van der Waals surface area contributed by atoms with Crippen molar-refractivity contribution in [3.63, 3.8) is 0 Å². The molecule has 0 unspecified atom stereocenters. The summed E-state index contributed by atoms with van der Waals surface area (Å²) < 4.78 is 10.2. The Hall–Kier alpha value is -1.66. The summed E-state index contributed by atoms with van der Waals surface area (Å²) in [6.45, 7) is 11.6. The first-order valence-corrected chi connectivity index (χ1v) is 8.00. The van der Waals surface area contributed by atoms with Crippen LogP contribution in [0.5, 0.6) is 0 Å². The van der Waals surface area contributed by atoms with Crippen molar-refractivity contribution in [3.8, 4) is 0 Å². The molecule has 1 aliphatic heterocycles. The van der Waals surface area contributed by atoms with Gasteiger partial charge in [-0.2, -0.15) is 5.10 Å². The number of morpholine rings is 1. The highest BCUT2D eigenvalue weighted by molar-refractivity contribution is 5.06. The Morgan fingerprint density at radius 3 is 2.95 bits per heavy atom. The molecule has 0 aromatic carbocycles. The van der Waals surface area contributed by atoms with Crippen molar-refractivity contribution in [2.45, 2.75) is 46.5 Å². The maximum absolute atomic E-state index is 5.92. The van der Waals surface area contributed by atoms with Gasteiger partial charge in [0.1, 0.15) is 5.82 Å². The zero-order chi connectivity index (χ0) is 15.5. The first-order chi connectivity index (χ1) is 10.7. The van der Waals surface area contributed by atoms with Crippen molar-refractivity contribution < 1.29 is 4.74 Å². The SMILES string of the molecule is CCn1ccnc1CN1CCO[C@@H](Cn2nc(C)cc2C)C1. The number of nitrogens with zero attached hydrogens (tertiary/aromatic N) is 5. The molecule has 6 heteroatoms. The highest BCUT2D eigenvalue weighted by atomic mass is 16.5. The van der Waals surface area contributed by atoms with E-state index in [0.717, 1.165) is 50.8 Å². The molecule has 0 N–H and O–H groups in total. The summed E-state index contributed by atoms with van der Waals surface area (Å²) >= 11 is 0. The van der Waals surface area contributed by atoms with Crippen LogP contribution in [0.2, 0.25) is 0 Å². The molecule has 0 aliphatic carbocycles. The predicted octanol–water partition coefficient (Wildman–Crippen LogP) is 1.62. The van der Waals surface area contributed by atoms with E-state index in [2.05, 4.69) is 44.1 Å². The first kappa shape index (κ1) is 15.2. The van der Waals surface area contributed by atoms with Gasteiger partial charge in [-0.15, -0.1) is 0 Å². The Morgan fingerprint density at radius 2 is 2.23 bits per heavy atom. The summed E-state index contributed by atoms with van der Waals surface area (Å²) in [6.07, 6.45) is 4.12. The summed E-state index contributed by atoms with van der Waals surface area (Å²) in [5.41, 5.74) is 2.26. The van der Waals surface area contributed by atoms with Gasteiger partial charge in [0.25, 0.3) is 0 Å². The second kappa shape index (κ2) is 6.62. The molecule has 0 saturated carbocycles. The van der Waals surface area contributed by atoms with E-state index in [1.807, 2.05) is 19.3 Å². The van der Waals surface area contributed by atoms with Gasteiger partial charge in [-0.3, -0.25) is 9.58 Å². The molecule has 0 radical (unpaired) electrons. The third kappa shape index (κ3) is 3.39. The fourth-order valence-corrected chi connectivity index (χ4v) is 3.07. The molecule has 1 fully saturated rings. The highest BCUT2D eigenvalue weighted by Gasteiger charge is 2.22. The molecule has 2 aromatic heterocycles. The maximum Gasteiger partial charge on any atom is 0.122 e. The molecule has 3 heterocycles. The van der Waals surface area contributed by atoms with Crippen molar-refractivity contribution in [1.82, 2.24) is 24.2 Å². The van der Waals surface area contributed by atoms with E-state index in [9.17, 15) is 0 Å². The number of hydrogen-bond donors (Lipinski definition) is 0. The molecule has 0 spiro atoms. The molecule has 3 rings (SSSR count). The molecule has 120 valence electrons. The molecular formula is C16H25N5O. The fraction of sp³-hybridized carbons (Fsp3) is 0.625. The second-order valence-corrected chi connectivity index (χ2v) is 5.97. The van der Waals surface area contributed by atoms with Crippen LogP contribution in [0.15, 0.2) is 18.5 Å². The van der Waals surface area contributed by atoms with Gasteiger partial charge in [0.2, 0.25) is 0 Å². The molecule has 0 bridgehead atoms. The summed E-state index contributed by atoms with van der Waals surface area (Å²) in [4.78, 5) is 6.90. The molecule has 1 atom stereocenters. The van der Waals surface area contributed by atoms with E-state index >= 15 is 0 Å². The Kier molecular flexibility index (Phi) is 4.59. The third-order valence-corrected chi connectivity index (χ3v) is 4.21. The molecule has 1 aliphatic rings. The number of rotatable bonds is 5. The summed E-state index contributed by atoms with van der Waals surface area (Å²) in [5, 5.41) is 4.53. The predicted molar refractivity (Wildman–Crippen MR) is 84.6 cm³/mol. The van der Waals surface area contributed by atoms with Crippen molar-refractivity contribution >= 4 is 0 Å². The monoisotopic (exact) mass is 303 g/mol. The van der Waals surface area contributed by atoms with E-state index in [4.69, 9.17) is 4.74 Å². The van der Waals surface area contributed by atoms with Crippen LogP contribution in [0, 0.1) is 13.8 Å². The normalized spacial score (nSPS) is 19.7. The number of hydrogen-bond acceptors (Lipinski definition) is 4. The third-order valence-electron chi connectivity index (χ3n) is 4.21. The lowest BCUT2D eigenvalue weighted by atomic mass is 10.2. The number of aromatic nitrogens is 4. The van der Waals surface area contributed by atoms with Gasteiger partial charge >= 0.3 is 0 Å². The Labute approximate surface area is 131 Å². The topological polar surface area (TPSA) is 48.1 Å². The Morgan fingerprint density at radius 1 is 1.36 bits per heavy atom. The maximum atomic E-state index is 5.92. The van der Waals surface area contributed by atoms with Crippen molar-refractivity contribution in [2.24, 2.45) is 0 Å². The van der Waals surface area contributed by atoms with Gasteiger partial charge in [0.05, 0.1) is 31.5 Å². The van der Waals surface area contributed by atoms with Crippen LogP contribution in [0.4, 0.5) is 0 Å². The van der Waals surface area contributed by atoms with E-state index in [0.29, 0.717) is 0 Å². The van der Waals surface area contributed by atoms with Gasteiger partial charge in [-0.25, -0.2) is 4.98 Å². The average Bonchev–Trinajstić information content (AvgIpc) is 3.06. The zero-order valence-corrected chi connectivity index (χ0v) is 13.7. The van der Waals surface area contributed by atoms with Crippen molar-refractivity contribution in [3.05, 3.63) is 35.7 Å². The lowest BCUT2D eigenvalue weighted by molar-refractivity contribution is -0.0414. The minimum absolute atomic E-state index is 0.191. The smallest absolute Gasteiger partial charge is 0.122 e. The van der Waals surface area contributed by atoms with Crippen LogP contribution in [0.1, 0.15) is 24.1 Å². The minimum atomic E-state index is 0.191. The first-order valence-electron chi connectivity index (χ1n) is 8.00. The summed E-state index contributed by atoms with van der Waals surface area (Å²) in [5.74, 6) is 1.13. The average molecular weight is 303 g/mol. The molecule has 0 amide bonds. The summed E-state index contributed by atoms with van der Waals surface area (Å²) in [6, 6.07) is 2.11. The van der Waals surface area contributed by atoms with Gasteiger partial charge in [-0.1, -0.05) is 0 Å². The fourth-order valence-electron chi connectivity index (χ4n) is 3.07. The lowest BCUT2D eigenvalue weighted by Crippen LogP contribution is -2.44. The van der Waals surface area contributed by atoms with E-state index < -0.39 is 0 Å². The lowest BCUT2D eigenvalue weighted by Gasteiger charge is -2.32. The van der Waals surface area contributed by atoms with E-state index in [1.54, 1.807) is 0 Å². The standard InChI is InChI=1S/C16H25N5O/c1-4-20-6-5-17-16(20)12-19-7-8-22-15(10-19)11-21-14(3)9-13(2)18-21/h5-6,9,15H,4,7-8,10-12H2,1-3H3/t15-/m1/s1. The van der Waals surface area contributed by atoms with E-state index in [1.165, 1.54) is 5.69 Å². The van der Waals surface area contributed by atoms with Crippen LogP contribution < -0.4 is 0 Å². The zero-order valence-electron chi connectivity index (χ0n) is 13.7. The number of aryl methyl sites for hydroxylation is 3. The van der Waals surface area contributed by atoms with Crippen molar-refractivity contribution in [1.29, 1.82) is 0 Å².